The average Bonchev–Trinajstić information content (AvgIpc) is 3.10. The predicted octanol–water partition coefficient (Wildman–Crippen LogP) is 4.91. The first-order valence-corrected chi connectivity index (χ1v) is 11.1. The number of piperazine rings is 1. The normalized spacial score (nSPS) is 14.3. The van der Waals surface area contributed by atoms with Crippen molar-refractivity contribution in [2.75, 3.05) is 31.1 Å². The van der Waals surface area contributed by atoms with Gasteiger partial charge in [-0.2, -0.15) is 0 Å². The number of anilines is 1. The minimum absolute atomic E-state index is 0.0563. The van der Waals surface area contributed by atoms with Crippen LogP contribution in [0.1, 0.15) is 25.9 Å². The van der Waals surface area contributed by atoms with Gasteiger partial charge in [0.2, 0.25) is 0 Å². The molecule has 2 aromatic carbocycles. The van der Waals surface area contributed by atoms with Gasteiger partial charge in [-0.25, -0.2) is 9.37 Å². The first-order valence-electron chi connectivity index (χ1n) is 9.50. The van der Waals surface area contributed by atoms with Crippen LogP contribution in [0, 0.1) is 12.7 Å². The van der Waals surface area contributed by atoms with Crippen molar-refractivity contribution in [3.63, 3.8) is 0 Å². The maximum atomic E-state index is 13.1. The van der Waals surface area contributed by atoms with Crippen LogP contribution in [0.15, 0.2) is 53.0 Å². The number of halogens is 2. The molecule has 0 unspecified atom stereocenters. The van der Waals surface area contributed by atoms with E-state index in [1.165, 1.54) is 29.2 Å². The smallest absolute Gasteiger partial charge is 0.265 e. The Kier molecular flexibility index (Phi) is 5.96. The maximum absolute atomic E-state index is 13.1. The van der Waals surface area contributed by atoms with Crippen molar-refractivity contribution in [3.8, 4) is 0 Å². The van der Waals surface area contributed by atoms with Gasteiger partial charge in [0.1, 0.15) is 10.7 Å². The van der Waals surface area contributed by atoms with Crippen LogP contribution in [-0.4, -0.2) is 42.0 Å². The highest BCUT2D eigenvalue weighted by atomic mass is 79.9. The van der Waals surface area contributed by atoms with Crippen LogP contribution >= 0.6 is 27.3 Å². The van der Waals surface area contributed by atoms with E-state index in [1.54, 1.807) is 12.1 Å². The molecule has 0 N–H and O–H groups in total. The Morgan fingerprint density at radius 1 is 1.07 bits per heavy atom. The van der Waals surface area contributed by atoms with Crippen LogP contribution in [0.3, 0.4) is 0 Å². The molecule has 1 aliphatic heterocycles. The highest BCUT2D eigenvalue weighted by Gasteiger charge is 2.25. The largest absolute Gasteiger partial charge is 0.368 e. The first-order chi connectivity index (χ1) is 14.0. The van der Waals surface area contributed by atoms with Gasteiger partial charge in [0, 0.05) is 42.8 Å². The molecule has 3 aromatic rings. The summed E-state index contributed by atoms with van der Waals surface area (Å²) in [5, 5.41) is 0.881. The van der Waals surface area contributed by atoms with Crippen molar-refractivity contribution >= 4 is 38.9 Å². The molecule has 0 bridgehead atoms. The second-order valence-corrected chi connectivity index (χ2v) is 9.08. The molecule has 0 aliphatic carbocycles. The lowest BCUT2D eigenvalue weighted by Crippen LogP contribution is -2.48. The summed E-state index contributed by atoms with van der Waals surface area (Å²) in [5.41, 5.74) is 2.94. The molecule has 4 rings (SSSR count). The molecule has 0 atom stereocenters. The molecule has 7 heteroatoms. The third-order valence-corrected chi connectivity index (χ3v) is 6.74. The first kappa shape index (κ1) is 20.0. The molecule has 1 fully saturated rings. The topological polar surface area (TPSA) is 36.4 Å². The number of rotatable bonds is 4. The zero-order chi connectivity index (χ0) is 20.4. The zero-order valence-electron chi connectivity index (χ0n) is 16.1. The third-order valence-electron chi connectivity index (χ3n) is 5.06. The lowest BCUT2D eigenvalue weighted by molar-refractivity contribution is 0.0750. The predicted molar refractivity (Wildman–Crippen MR) is 118 cm³/mol. The Morgan fingerprint density at radius 2 is 1.72 bits per heavy atom. The minimum Gasteiger partial charge on any atom is -0.368 e. The summed E-state index contributed by atoms with van der Waals surface area (Å²) in [6.07, 6.45) is 0.608. The highest BCUT2D eigenvalue weighted by molar-refractivity contribution is 9.10. The Bertz CT molecular complexity index is 996. The van der Waals surface area contributed by atoms with Crippen LogP contribution < -0.4 is 4.90 Å². The van der Waals surface area contributed by atoms with E-state index >= 15 is 0 Å². The van der Waals surface area contributed by atoms with E-state index in [4.69, 9.17) is 0 Å². The fraction of sp³-hybridized carbons (Fsp3) is 0.273. The molecule has 2 heterocycles. The van der Waals surface area contributed by atoms with E-state index in [-0.39, 0.29) is 11.7 Å². The monoisotopic (exact) mass is 473 g/mol. The van der Waals surface area contributed by atoms with E-state index in [1.807, 2.05) is 24.0 Å². The lowest BCUT2D eigenvalue weighted by atomic mass is 10.1. The summed E-state index contributed by atoms with van der Waals surface area (Å²) < 4.78 is 14.2. The number of aryl methyl sites for hydroxylation is 1. The van der Waals surface area contributed by atoms with Gasteiger partial charge in [-0.05, 0) is 48.9 Å². The van der Waals surface area contributed by atoms with Crippen LogP contribution in [0.2, 0.25) is 0 Å². The number of amides is 1. The van der Waals surface area contributed by atoms with Crippen molar-refractivity contribution in [2.45, 2.75) is 13.3 Å². The standard InChI is InChI=1S/C22H21BrFN3OS/c1-15-21(29-20(25-15)14-16-2-6-18(24)7-3-16)22(28)27-12-10-26(11-13-27)19-8-4-17(23)5-9-19/h2-9H,10-14H2,1H3. The molecule has 0 saturated carbocycles. The van der Waals surface area contributed by atoms with Crippen LogP contribution in [0.5, 0.6) is 0 Å². The zero-order valence-corrected chi connectivity index (χ0v) is 18.5. The van der Waals surface area contributed by atoms with Crippen LogP contribution in [0.4, 0.5) is 10.1 Å². The Hall–Kier alpha value is -2.25. The molecule has 4 nitrogen and oxygen atoms in total. The van der Waals surface area contributed by atoms with Crippen LogP contribution in [0.25, 0.3) is 0 Å². The fourth-order valence-corrected chi connectivity index (χ4v) is 4.80. The number of hydrogen-bond acceptors (Lipinski definition) is 4. The van der Waals surface area contributed by atoms with Gasteiger partial charge in [0.05, 0.1) is 10.7 Å². The third kappa shape index (κ3) is 4.67. The maximum Gasteiger partial charge on any atom is 0.265 e. The van der Waals surface area contributed by atoms with Gasteiger partial charge in [-0.1, -0.05) is 28.1 Å². The van der Waals surface area contributed by atoms with Crippen molar-refractivity contribution < 1.29 is 9.18 Å². The summed E-state index contributed by atoms with van der Waals surface area (Å²) in [5.74, 6) is -0.192. The molecule has 1 aliphatic rings. The van der Waals surface area contributed by atoms with E-state index in [9.17, 15) is 9.18 Å². The summed E-state index contributed by atoms with van der Waals surface area (Å²) in [6, 6.07) is 14.7. The summed E-state index contributed by atoms with van der Waals surface area (Å²) in [7, 11) is 0. The number of hydrogen-bond donors (Lipinski definition) is 0. The second kappa shape index (κ2) is 8.63. The number of carbonyl (C=O) groups excluding carboxylic acids is 1. The lowest BCUT2D eigenvalue weighted by Gasteiger charge is -2.36. The number of aromatic nitrogens is 1. The minimum atomic E-state index is -0.248. The highest BCUT2D eigenvalue weighted by Crippen LogP contribution is 2.24. The molecule has 29 heavy (non-hydrogen) atoms. The Labute approximate surface area is 182 Å². The van der Waals surface area contributed by atoms with Gasteiger partial charge in [0.15, 0.2) is 0 Å². The van der Waals surface area contributed by atoms with Crippen molar-refractivity contribution in [1.82, 2.24) is 9.88 Å². The number of benzene rings is 2. The van der Waals surface area contributed by atoms with Gasteiger partial charge in [-0.3, -0.25) is 4.79 Å². The summed E-state index contributed by atoms with van der Waals surface area (Å²) >= 11 is 4.91. The average molecular weight is 474 g/mol. The quantitative estimate of drug-likeness (QED) is 0.540. The van der Waals surface area contributed by atoms with E-state index in [2.05, 4.69) is 37.9 Å². The molecular formula is C22H21BrFN3OS. The van der Waals surface area contributed by atoms with Crippen molar-refractivity contribution in [2.24, 2.45) is 0 Å². The molecular weight excluding hydrogens is 453 g/mol. The summed E-state index contributed by atoms with van der Waals surface area (Å²) in [6.45, 7) is 4.90. The van der Waals surface area contributed by atoms with Crippen molar-refractivity contribution in [3.05, 3.63) is 80.0 Å². The second-order valence-electron chi connectivity index (χ2n) is 7.08. The number of carbonyl (C=O) groups is 1. The van der Waals surface area contributed by atoms with Gasteiger partial charge >= 0.3 is 0 Å². The summed E-state index contributed by atoms with van der Waals surface area (Å²) in [4.78, 5) is 22.5. The van der Waals surface area contributed by atoms with Gasteiger partial charge in [-0.15, -0.1) is 11.3 Å². The number of nitrogens with zero attached hydrogens (tertiary/aromatic N) is 3. The van der Waals surface area contributed by atoms with Crippen molar-refractivity contribution in [1.29, 1.82) is 0 Å². The Morgan fingerprint density at radius 3 is 2.38 bits per heavy atom. The molecule has 1 aromatic heterocycles. The van der Waals surface area contributed by atoms with E-state index in [0.717, 1.165) is 33.8 Å². The fourth-order valence-electron chi connectivity index (χ4n) is 3.47. The molecule has 0 radical (unpaired) electrons. The van der Waals surface area contributed by atoms with Crippen LogP contribution in [-0.2, 0) is 6.42 Å². The van der Waals surface area contributed by atoms with E-state index < -0.39 is 0 Å². The number of thiazole rings is 1. The van der Waals surface area contributed by atoms with Gasteiger partial charge in [0.25, 0.3) is 5.91 Å². The molecule has 150 valence electrons. The molecule has 1 amide bonds. The van der Waals surface area contributed by atoms with Gasteiger partial charge < -0.3 is 9.80 Å². The molecule has 1 saturated heterocycles. The molecule has 0 spiro atoms. The SMILES string of the molecule is Cc1nc(Cc2ccc(F)cc2)sc1C(=O)N1CCN(c2ccc(Br)cc2)CC1. The van der Waals surface area contributed by atoms with E-state index in [0.29, 0.717) is 24.4 Å². The Balaban J connectivity index is 1.40.